The molecule has 98 valence electrons. The predicted octanol–water partition coefficient (Wildman–Crippen LogP) is 3.54. The maximum Gasteiger partial charge on any atom is 0.101 e. The van der Waals surface area contributed by atoms with Crippen molar-refractivity contribution < 1.29 is 0 Å². The molecule has 0 amide bonds. The lowest BCUT2D eigenvalue weighted by Gasteiger charge is -2.23. The van der Waals surface area contributed by atoms with Gasteiger partial charge >= 0.3 is 0 Å². The Balaban J connectivity index is 2.50. The van der Waals surface area contributed by atoms with Gasteiger partial charge in [0.05, 0.1) is 16.4 Å². The van der Waals surface area contributed by atoms with Crippen LogP contribution in [0.1, 0.15) is 35.7 Å². The minimum Gasteiger partial charge on any atom is -0.326 e. The molecule has 0 aromatic carbocycles. The summed E-state index contributed by atoms with van der Waals surface area (Å²) < 4.78 is 1.97. The van der Waals surface area contributed by atoms with Crippen LogP contribution in [0.3, 0.4) is 0 Å². The second kappa shape index (κ2) is 5.43. The second-order valence-electron chi connectivity index (χ2n) is 4.46. The summed E-state index contributed by atoms with van der Waals surface area (Å²) in [6.07, 6.45) is 0.901. The number of thiophene rings is 1. The van der Waals surface area contributed by atoms with Gasteiger partial charge in [-0.25, -0.2) is 0 Å². The molecular weight excluding hydrogens is 266 g/mol. The van der Waals surface area contributed by atoms with E-state index in [1.807, 2.05) is 24.6 Å². The summed E-state index contributed by atoms with van der Waals surface area (Å²) in [6, 6.07) is 4.26. The Morgan fingerprint density at radius 1 is 1.50 bits per heavy atom. The Kier molecular flexibility index (Phi) is 4.10. The minimum atomic E-state index is 0.0396. The molecule has 3 nitrogen and oxygen atoms in total. The first-order chi connectivity index (χ1) is 8.56. The van der Waals surface area contributed by atoms with Gasteiger partial charge < -0.3 is 5.73 Å². The minimum absolute atomic E-state index is 0.0396. The summed E-state index contributed by atoms with van der Waals surface area (Å²) in [5.41, 5.74) is 8.11. The molecule has 2 unspecified atom stereocenters. The number of nitrogens with two attached hydrogens (primary N) is 1. The Labute approximate surface area is 117 Å². The van der Waals surface area contributed by atoms with E-state index in [2.05, 4.69) is 23.5 Å². The molecule has 0 spiro atoms. The fourth-order valence-electron chi connectivity index (χ4n) is 2.11. The second-order valence-corrected chi connectivity index (χ2v) is 5.82. The van der Waals surface area contributed by atoms with E-state index in [9.17, 15) is 0 Å². The fourth-order valence-corrected chi connectivity index (χ4v) is 3.12. The molecule has 5 heteroatoms. The Morgan fingerprint density at radius 2 is 2.22 bits per heavy atom. The van der Waals surface area contributed by atoms with Crippen LogP contribution in [-0.4, -0.2) is 15.8 Å². The van der Waals surface area contributed by atoms with E-state index in [4.69, 9.17) is 17.3 Å². The first kappa shape index (κ1) is 13.6. The zero-order valence-corrected chi connectivity index (χ0v) is 12.4. The van der Waals surface area contributed by atoms with E-state index in [0.29, 0.717) is 0 Å². The average molecular weight is 284 g/mol. The highest BCUT2D eigenvalue weighted by atomic mass is 35.5. The molecule has 2 heterocycles. The van der Waals surface area contributed by atoms with Gasteiger partial charge in [-0.1, -0.05) is 24.6 Å². The molecule has 0 radical (unpaired) electrons. The molecule has 2 N–H and O–H groups in total. The van der Waals surface area contributed by atoms with Gasteiger partial charge in [-0.2, -0.15) is 5.10 Å². The number of hydrogen-bond acceptors (Lipinski definition) is 3. The predicted molar refractivity (Wildman–Crippen MR) is 77.4 cm³/mol. The van der Waals surface area contributed by atoms with Crippen LogP contribution in [0.2, 0.25) is 5.02 Å². The maximum absolute atomic E-state index is 6.27. The van der Waals surface area contributed by atoms with E-state index in [-0.39, 0.29) is 12.1 Å². The zero-order valence-electron chi connectivity index (χ0n) is 10.9. The van der Waals surface area contributed by atoms with E-state index in [1.165, 1.54) is 4.88 Å². The third-order valence-electron chi connectivity index (χ3n) is 3.21. The standard InChI is InChI=1S/C13H18ClN3S/c1-4-10(15)13(11-6-5-7-18-11)17-9(3)12(14)8(2)16-17/h5-7,10,13H,4,15H2,1-3H3. The molecule has 0 aliphatic heterocycles. The smallest absolute Gasteiger partial charge is 0.101 e. The van der Waals surface area contributed by atoms with Gasteiger partial charge in [-0.15, -0.1) is 11.3 Å². The monoisotopic (exact) mass is 283 g/mol. The molecule has 18 heavy (non-hydrogen) atoms. The molecule has 0 saturated carbocycles. The Bertz CT molecular complexity index is 519. The van der Waals surface area contributed by atoms with Gasteiger partial charge in [0.2, 0.25) is 0 Å². The molecular formula is C13H18ClN3S. The highest BCUT2D eigenvalue weighted by Crippen LogP contribution is 2.30. The van der Waals surface area contributed by atoms with Gasteiger partial charge in [0, 0.05) is 10.9 Å². The number of nitrogens with zero attached hydrogens (tertiary/aromatic N) is 2. The van der Waals surface area contributed by atoms with Gasteiger partial charge in [0.25, 0.3) is 0 Å². The van der Waals surface area contributed by atoms with Crippen LogP contribution in [-0.2, 0) is 0 Å². The molecule has 0 aliphatic rings. The summed E-state index contributed by atoms with van der Waals surface area (Å²) >= 11 is 7.94. The van der Waals surface area contributed by atoms with Crippen molar-refractivity contribution in [3.63, 3.8) is 0 Å². The van der Waals surface area contributed by atoms with E-state index in [0.717, 1.165) is 22.8 Å². The molecule has 0 saturated heterocycles. The topological polar surface area (TPSA) is 43.8 Å². The van der Waals surface area contributed by atoms with Crippen LogP contribution in [0.25, 0.3) is 0 Å². The molecule has 2 atom stereocenters. The summed E-state index contributed by atoms with van der Waals surface area (Å²) in [5, 5.41) is 7.35. The van der Waals surface area contributed by atoms with Crippen molar-refractivity contribution in [1.29, 1.82) is 0 Å². The quantitative estimate of drug-likeness (QED) is 0.933. The molecule has 2 aromatic rings. The van der Waals surface area contributed by atoms with Crippen LogP contribution < -0.4 is 5.73 Å². The van der Waals surface area contributed by atoms with E-state index in [1.54, 1.807) is 11.3 Å². The SMILES string of the molecule is CCC(N)C(c1cccs1)n1nc(C)c(Cl)c1C. The van der Waals surface area contributed by atoms with Crippen molar-refractivity contribution in [2.45, 2.75) is 39.3 Å². The summed E-state index contributed by atoms with van der Waals surface area (Å²) in [4.78, 5) is 1.23. The molecule has 2 rings (SSSR count). The largest absolute Gasteiger partial charge is 0.326 e. The lowest BCUT2D eigenvalue weighted by Crippen LogP contribution is -2.33. The number of hydrogen-bond donors (Lipinski definition) is 1. The van der Waals surface area contributed by atoms with Crippen LogP contribution in [0.5, 0.6) is 0 Å². The van der Waals surface area contributed by atoms with Crippen molar-refractivity contribution in [2.75, 3.05) is 0 Å². The Hall–Kier alpha value is -0.840. The number of halogens is 1. The first-order valence-electron chi connectivity index (χ1n) is 6.06. The molecule has 0 bridgehead atoms. The first-order valence-corrected chi connectivity index (χ1v) is 7.32. The third kappa shape index (κ3) is 2.32. The lowest BCUT2D eigenvalue weighted by atomic mass is 10.1. The van der Waals surface area contributed by atoms with Crippen molar-refractivity contribution >= 4 is 22.9 Å². The van der Waals surface area contributed by atoms with Crippen molar-refractivity contribution in [3.05, 3.63) is 38.8 Å². The van der Waals surface area contributed by atoms with Gasteiger partial charge in [0.1, 0.15) is 6.04 Å². The molecule has 0 aliphatic carbocycles. The van der Waals surface area contributed by atoms with Crippen LogP contribution in [0.4, 0.5) is 0 Å². The van der Waals surface area contributed by atoms with E-state index < -0.39 is 0 Å². The van der Waals surface area contributed by atoms with Gasteiger partial charge in [-0.05, 0) is 31.7 Å². The molecule has 0 fully saturated rings. The number of aromatic nitrogens is 2. The average Bonchev–Trinajstić information content (AvgIpc) is 2.96. The Morgan fingerprint density at radius 3 is 2.67 bits per heavy atom. The van der Waals surface area contributed by atoms with Crippen LogP contribution in [0, 0.1) is 13.8 Å². The van der Waals surface area contributed by atoms with Gasteiger partial charge in [0.15, 0.2) is 0 Å². The van der Waals surface area contributed by atoms with Crippen LogP contribution >= 0.6 is 22.9 Å². The third-order valence-corrected chi connectivity index (χ3v) is 4.70. The van der Waals surface area contributed by atoms with Crippen molar-refractivity contribution in [3.8, 4) is 0 Å². The van der Waals surface area contributed by atoms with E-state index >= 15 is 0 Å². The molecule has 2 aromatic heterocycles. The van der Waals surface area contributed by atoms with Gasteiger partial charge in [-0.3, -0.25) is 4.68 Å². The van der Waals surface area contributed by atoms with Crippen molar-refractivity contribution in [1.82, 2.24) is 9.78 Å². The number of rotatable bonds is 4. The highest BCUT2D eigenvalue weighted by molar-refractivity contribution is 7.10. The zero-order chi connectivity index (χ0) is 13.3. The normalized spacial score (nSPS) is 14.7. The maximum atomic E-state index is 6.27. The van der Waals surface area contributed by atoms with Crippen molar-refractivity contribution in [2.24, 2.45) is 5.73 Å². The number of aryl methyl sites for hydroxylation is 1. The summed E-state index contributed by atoms with van der Waals surface area (Å²) in [7, 11) is 0. The summed E-state index contributed by atoms with van der Waals surface area (Å²) in [6.45, 7) is 6.01. The fraction of sp³-hybridized carbons (Fsp3) is 0.462. The lowest BCUT2D eigenvalue weighted by molar-refractivity contribution is 0.421. The van der Waals surface area contributed by atoms with Crippen LogP contribution in [0.15, 0.2) is 17.5 Å². The highest BCUT2D eigenvalue weighted by Gasteiger charge is 2.25. The summed E-state index contributed by atoms with van der Waals surface area (Å²) in [5.74, 6) is 0.